The molecule has 0 aromatic rings. The predicted molar refractivity (Wildman–Crippen MR) is 77.1 cm³/mol. The standard InChI is InChI=1S/C14H29N3O2/c1-11(10-18)12(2)16-14(19)15-7-4-13-5-8-17(3)9-6-13/h11-13,18H,4-10H2,1-3H3,(H2,15,16,19). The van der Waals surface area contributed by atoms with E-state index in [1.165, 1.54) is 25.9 Å². The zero-order valence-electron chi connectivity index (χ0n) is 12.5. The molecule has 3 N–H and O–H groups in total. The van der Waals surface area contributed by atoms with Crippen molar-refractivity contribution in [1.29, 1.82) is 0 Å². The number of carbonyl (C=O) groups is 1. The number of nitrogens with zero attached hydrogens (tertiary/aromatic N) is 1. The SMILES string of the molecule is CC(CO)C(C)NC(=O)NCCC1CCN(C)CC1. The summed E-state index contributed by atoms with van der Waals surface area (Å²) in [5, 5.41) is 14.8. The van der Waals surface area contributed by atoms with Crippen molar-refractivity contribution >= 4 is 6.03 Å². The van der Waals surface area contributed by atoms with Crippen molar-refractivity contribution in [2.24, 2.45) is 11.8 Å². The van der Waals surface area contributed by atoms with Crippen LogP contribution in [0.4, 0.5) is 4.79 Å². The van der Waals surface area contributed by atoms with Crippen molar-refractivity contribution in [1.82, 2.24) is 15.5 Å². The number of rotatable bonds is 6. The van der Waals surface area contributed by atoms with Gasteiger partial charge in [0.2, 0.25) is 0 Å². The Labute approximate surface area is 116 Å². The average molecular weight is 271 g/mol. The van der Waals surface area contributed by atoms with E-state index in [0.29, 0.717) is 0 Å². The van der Waals surface area contributed by atoms with Crippen LogP contribution < -0.4 is 10.6 Å². The van der Waals surface area contributed by atoms with Crippen LogP contribution in [0, 0.1) is 11.8 Å². The summed E-state index contributed by atoms with van der Waals surface area (Å²) in [6, 6.07) is -0.131. The molecule has 1 rings (SSSR count). The summed E-state index contributed by atoms with van der Waals surface area (Å²) in [5.41, 5.74) is 0. The molecule has 0 aromatic carbocycles. The number of hydrogen-bond donors (Lipinski definition) is 3. The third kappa shape index (κ3) is 6.25. The van der Waals surface area contributed by atoms with Crippen LogP contribution in [0.25, 0.3) is 0 Å². The summed E-state index contributed by atoms with van der Waals surface area (Å²) >= 11 is 0. The Bertz CT molecular complexity index is 265. The van der Waals surface area contributed by atoms with E-state index in [0.717, 1.165) is 18.9 Å². The average Bonchev–Trinajstić information content (AvgIpc) is 2.40. The molecule has 0 aliphatic carbocycles. The molecule has 2 amide bonds. The maximum atomic E-state index is 11.7. The first-order chi connectivity index (χ1) is 9.02. The number of aliphatic hydroxyl groups is 1. The third-order valence-corrected chi connectivity index (χ3v) is 4.18. The van der Waals surface area contributed by atoms with Crippen LogP contribution in [-0.4, -0.2) is 55.4 Å². The van der Waals surface area contributed by atoms with Crippen molar-refractivity contribution in [3.05, 3.63) is 0 Å². The molecule has 5 heteroatoms. The van der Waals surface area contributed by atoms with Gasteiger partial charge in [0.15, 0.2) is 0 Å². The van der Waals surface area contributed by atoms with Crippen LogP contribution in [0.15, 0.2) is 0 Å². The van der Waals surface area contributed by atoms with E-state index in [2.05, 4.69) is 22.6 Å². The molecular formula is C14H29N3O2. The molecule has 2 atom stereocenters. The van der Waals surface area contributed by atoms with Gasteiger partial charge >= 0.3 is 6.03 Å². The lowest BCUT2D eigenvalue weighted by molar-refractivity contribution is 0.197. The molecule has 5 nitrogen and oxygen atoms in total. The molecule has 0 bridgehead atoms. The zero-order chi connectivity index (χ0) is 14.3. The maximum absolute atomic E-state index is 11.7. The van der Waals surface area contributed by atoms with E-state index in [4.69, 9.17) is 5.11 Å². The van der Waals surface area contributed by atoms with E-state index in [1.807, 2.05) is 13.8 Å². The third-order valence-electron chi connectivity index (χ3n) is 4.18. The predicted octanol–water partition coefficient (Wildman–Crippen LogP) is 1.03. The van der Waals surface area contributed by atoms with E-state index in [9.17, 15) is 4.79 Å². The fourth-order valence-corrected chi connectivity index (χ4v) is 2.30. The zero-order valence-corrected chi connectivity index (χ0v) is 12.5. The topological polar surface area (TPSA) is 64.6 Å². The molecular weight excluding hydrogens is 242 g/mol. The highest BCUT2D eigenvalue weighted by atomic mass is 16.3. The maximum Gasteiger partial charge on any atom is 0.315 e. The number of amides is 2. The van der Waals surface area contributed by atoms with Crippen molar-refractivity contribution in [2.45, 2.75) is 39.2 Å². The molecule has 1 aliphatic rings. The van der Waals surface area contributed by atoms with Gasteiger partial charge in [-0.3, -0.25) is 0 Å². The lowest BCUT2D eigenvalue weighted by Crippen LogP contribution is -2.44. The van der Waals surface area contributed by atoms with E-state index in [-0.39, 0.29) is 24.6 Å². The molecule has 0 aromatic heterocycles. The minimum Gasteiger partial charge on any atom is -0.396 e. The first kappa shape index (κ1) is 16.2. The number of carbonyl (C=O) groups excluding carboxylic acids is 1. The fourth-order valence-electron chi connectivity index (χ4n) is 2.30. The molecule has 0 saturated carbocycles. The highest BCUT2D eigenvalue weighted by Crippen LogP contribution is 2.18. The number of nitrogens with one attached hydrogen (secondary N) is 2. The summed E-state index contributed by atoms with van der Waals surface area (Å²) in [7, 11) is 2.16. The molecule has 112 valence electrons. The molecule has 0 spiro atoms. The minimum atomic E-state index is -0.124. The van der Waals surface area contributed by atoms with Gasteiger partial charge in [-0.15, -0.1) is 0 Å². The second-order valence-electron chi connectivity index (χ2n) is 5.88. The van der Waals surface area contributed by atoms with Gasteiger partial charge in [-0.2, -0.15) is 0 Å². The highest BCUT2D eigenvalue weighted by Gasteiger charge is 2.17. The molecule has 1 aliphatic heterocycles. The Morgan fingerprint density at radius 1 is 1.37 bits per heavy atom. The minimum absolute atomic E-state index is 0.00618. The van der Waals surface area contributed by atoms with Crippen LogP contribution >= 0.6 is 0 Å². The van der Waals surface area contributed by atoms with Gasteiger partial charge in [0.1, 0.15) is 0 Å². The molecule has 1 fully saturated rings. The summed E-state index contributed by atoms with van der Waals surface area (Å²) in [5.74, 6) is 0.824. The second-order valence-corrected chi connectivity index (χ2v) is 5.88. The van der Waals surface area contributed by atoms with E-state index in [1.54, 1.807) is 0 Å². The monoisotopic (exact) mass is 271 g/mol. The van der Waals surface area contributed by atoms with E-state index < -0.39 is 0 Å². The van der Waals surface area contributed by atoms with Gasteiger partial charge in [0.05, 0.1) is 0 Å². The van der Waals surface area contributed by atoms with Crippen LogP contribution in [0.5, 0.6) is 0 Å². The normalized spacial score (nSPS) is 20.8. The number of hydrogen-bond acceptors (Lipinski definition) is 3. The first-order valence-electron chi connectivity index (χ1n) is 7.36. The largest absolute Gasteiger partial charge is 0.396 e. The van der Waals surface area contributed by atoms with Crippen molar-refractivity contribution in [2.75, 3.05) is 33.3 Å². The molecule has 19 heavy (non-hydrogen) atoms. The Morgan fingerprint density at radius 3 is 2.58 bits per heavy atom. The lowest BCUT2D eigenvalue weighted by atomic mass is 9.94. The van der Waals surface area contributed by atoms with Crippen molar-refractivity contribution < 1.29 is 9.90 Å². The van der Waals surface area contributed by atoms with Crippen LogP contribution in [-0.2, 0) is 0 Å². The van der Waals surface area contributed by atoms with Gasteiger partial charge in [-0.1, -0.05) is 6.92 Å². The molecule has 2 unspecified atom stereocenters. The van der Waals surface area contributed by atoms with Gasteiger partial charge in [0, 0.05) is 19.2 Å². The Kier molecular flexibility index (Phi) is 7.16. The number of piperidine rings is 1. The second kappa shape index (κ2) is 8.38. The van der Waals surface area contributed by atoms with Gasteiger partial charge in [0.25, 0.3) is 0 Å². The van der Waals surface area contributed by atoms with Crippen LogP contribution in [0.1, 0.15) is 33.1 Å². The van der Waals surface area contributed by atoms with Crippen LogP contribution in [0.2, 0.25) is 0 Å². The van der Waals surface area contributed by atoms with Gasteiger partial charge in [-0.25, -0.2) is 4.79 Å². The van der Waals surface area contributed by atoms with Gasteiger partial charge < -0.3 is 20.6 Å². The van der Waals surface area contributed by atoms with Crippen molar-refractivity contribution in [3.8, 4) is 0 Å². The lowest BCUT2D eigenvalue weighted by Gasteiger charge is -2.29. The summed E-state index contributed by atoms with van der Waals surface area (Å²) in [6.45, 7) is 7.00. The summed E-state index contributed by atoms with van der Waals surface area (Å²) in [6.07, 6.45) is 3.53. The Hall–Kier alpha value is -0.810. The summed E-state index contributed by atoms with van der Waals surface area (Å²) < 4.78 is 0. The quantitative estimate of drug-likeness (QED) is 0.676. The highest BCUT2D eigenvalue weighted by molar-refractivity contribution is 5.74. The number of likely N-dealkylation sites (tertiary alicyclic amines) is 1. The summed E-state index contributed by atoms with van der Waals surface area (Å²) in [4.78, 5) is 14.0. The smallest absolute Gasteiger partial charge is 0.315 e. The molecule has 1 saturated heterocycles. The van der Waals surface area contributed by atoms with Crippen molar-refractivity contribution in [3.63, 3.8) is 0 Å². The van der Waals surface area contributed by atoms with Gasteiger partial charge in [-0.05, 0) is 58.2 Å². The first-order valence-corrected chi connectivity index (χ1v) is 7.36. The van der Waals surface area contributed by atoms with Crippen LogP contribution in [0.3, 0.4) is 0 Å². The fraction of sp³-hybridized carbons (Fsp3) is 0.929. The number of urea groups is 1. The molecule has 0 radical (unpaired) electrons. The van der Waals surface area contributed by atoms with E-state index >= 15 is 0 Å². The Balaban J connectivity index is 2.10. The molecule has 1 heterocycles. The number of aliphatic hydroxyl groups excluding tert-OH is 1. The Morgan fingerprint density at radius 2 is 2.00 bits per heavy atom.